The zero-order valence-electron chi connectivity index (χ0n) is 22.5. The van der Waals surface area contributed by atoms with Gasteiger partial charge in [-0.25, -0.2) is 0 Å². The van der Waals surface area contributed by atoms with Crippen LogP contribution < -0.4 is 10.6 Å². The summed E-state index contributed by atoms with van der Waals surface area (Å²) in [6.07, 6.45) is 4.83. The average Bonchev–Trinajstić information content (AvgIpc) is 2.91. The van der Waals surface area contributed by atoms with E-state index >= 15 is 0 Å². The molecule has 0 aromatic heterocycles. The minimum atomic E-state index is -0.540. The number of carbonyl (C=O) groups excluding carboxylic acids is 2. The highest BCUT2D eigenvalue weighted by Crippen LogP contribution is 2.38. The number of nitrogens with zero attached hydrogens (tertiary/aromatic N) is 1. The van der Waals surface area contributed by atoms with Gasteiger partial charge in [-0.3, -0.25) is 9.59 Å². The Balaban J connectivity index is 1.59. The first kappa shape index (κ1) is 29.5. The fourth-order valence-corrected chi connectivity index (χ4v) is 4.47. The number of likely N-dealkylation sites (N-methyl/N-ethyl adjacent to an activating group) is 1. The summed E-state index contributed by atoms with van der Waals surface area (Å²) in [5.74, 6) is -0.0582. The zero-order chi connectivity index (χ0) is 27.3. The summed E-state index contributed by atoms with van der Waals surface area (Å²) in [4.78, 5) is 25.4. The van der Waals surface area contributed by atoms with Crippen LogP contribution in [0.25, 0.3) is 0 Å². The predicted molar refractivity (Wildman–Crippen MR) is 148 cm³/mol. The second-order valence-corrected chi connectivity index (χ2v) is 9.82. The monoisotopic (exact) mass is 523 g/mol. The van der Waals surface area contributed by atoms with Crippen LogP contribution in [-0.4, -0.2) is 54.6 Å². The van der Waals surface area contributed by atoms with Gasteiger partial charge in [0.1, 0.15) is 0 Å². The van der Waals surface area contributed by atoms with E-state index in [1.807, 2.05) is 61.7 Å². The van der Waals surface area contributed by atoms with Crippen molar-refractivity contribution in [3.63, 3.8) is 0 Å². The molecule has 0 saturated carbocycles. The van der Waals surface area contributed by atoms with E-state index in [0.717, 1.165) is 61.2 Å². The van der Waals surface area contributed by atoms with Gasteiger partial charge in [0.2, 0.25) is 11.8 Å². The third kappa shape index (κ3) is 9.68. The van der Waals surface area contributed by atoms with Crippen LogP contribution in [0.2, 0.25) is 0 Å². The lowest BCUT2D eigenvalue weighted by atomic mass is 9.99. The second kappa shape index (κ2) is 15.4. The summed E-state index contributed by atoms with van der Waals surface area (Å²) in [7, 11) is 2.04. The normalized spacial score (nSPS) is 19.2. The molecule has 1 aliphatic rings. The van der Waals surface area contributed by atoms with Gasteiger partial charge in [-0.2, -0.15) is 0 Å². The third-order valence-corrected chi connectivity index (χ3v) is 6.49. The highest BCUT2D eigenvalue weighted by atomic mass is 16.7. The molecule has 3 atom stereocenters. The van der Waals surface area contributed by atoms with Gasteiger partial charge < -0.3 is 30.1 Å². The van der Waals surface area contributed by atoms with Crippen molar-refractivity contribution in [1.82, 2.24) is 10.2 Å². The van der Waals surface area contributed by atoms with Gasteiger partial charge in [-0.05, 0) is 43.1 Å². The molecule has 206 valence electrons. The maximum absolute atomic E-state index is 12.3. The first-order chi connectivity index (χ1) is 18.4. The summed E-state index contributed by atoms with van der Waals surface area (Å²) in [5, 5.41) is 15.1. The highest BCUT2D eigenvalue weighted by molar-refractivity contribution is 5.90. The van der Waals surface area contributed by atoms with Gasteiger partial charge in [-0.1, -0.05) is 48.9 Å². The van der Waals surface area contributed by atoms with Gasteiger partial charge >= 0.3 is 0 Å². The number of amides is 2. The van der Waals surface area contributed by atoms with Gasteiger partial charge in [0, 0.05) is 50.7 Å². The summed E-state index contributed by atoms with van der Waals surface area (Å²) >= 11 is 0. The highest BCUT2D eigenvalue weighted by Gasteiger charge is 2.32. The van der Waals surface area contributed by atoms with Crippen LogP contribution in [0.15, 0.2) is 61.2 Å². The number of carbonyl (C=O) groups is 2. The molecule has 1 saturated heterocycles. The Morgan fingerprint density at radius 3 is 2.42 bits per heavy atom. The number of hydrogen-bond acceptors (Lipinski definition) is 6. The Morgan fingerprint density at radius 1 is 1.05 bits per heavy atom. The number of benzene rings is 2. The van der Waals surface area contributed by atoms with E-state index < -0.39 is 6.29 Å². The maximum Gasteiger partial charge on any atom is 0.224 e. The Labute approximate surface area is 226 Å². The predicted octanol–water partition coefficient (Wildman–Crippen LogP) is 4.48. The molecule has 8 heteroatoms. The molecule has 0 aliphatic carbocycles. The molecule has 2 aromatic rings. The molecule has 1 fully saturated rings. The first-order valence-corrected chi connectivity index (χ1v) is 13.3. The minimum Gasteiger partial charge on any atom is -0.392 e. The molecule has 38 heavy (non-hydrogen) atoms. The number of ether oxygens (including phenoxy) is 2. The minimum absolute atomic E-state index is 0.00794. The number of unbranched alkanes of at least 4 members (excludes halogenated alkanes) is 2. The molecule has 2 aromatic carbocycles. The van der Waals surface area contributed by atoms with Crippen LogP contribution in [0.1, 0.15) is 68.1 Å². The van der Waals surface area contributed by atoms with Crippen molar-refractivity contribution in [3.05, 3.63) is 77.9 Å². The van der Waals surface area contributed by atoms with E-state index in [-0.39, 0.29) is 30.6 Å². The lowest BCUT2D eigenvalue weighted by molar-refractivity contribution is -0.252. The van der Waals surface area contributed by atoms with E-state index in [1.54, 1.807) is 0 Å². The average molecular weight is 524 g/mol. The Morgan fingerprint density at radius 2 is 1.76 bits per heavy atom. The molecule has 0 radical (unpaired) electrons. The SMILES string of the molecule is C=CCN(C)CC1CC(c2ccc(CO)cc2)OC(c2ccc(NC(=O)CCCCCNC(C)=O)cc2)O1. The van der Waals surface area contributed by atoms with Gasteiger partial charge in [0.05, 0.1) is 18.8 Å². The Hall–Kier alpha value is -3.04. The molecular formula is C30H41N3O5. The van der Waals surface area contributed by atoms with Crippen LogP contribution in [-0.2, 0) is 25.7 Å². The fraction of sp³-hybridized carbons (Fsp3) is 0.467. The van der Waals surface area contributed by atoms with Crippen LogP contribution >= 0.6 is 0 Å². The van der Waals surface area contributed by atoms with Crippen LogP contribution in [0, 0.1) is 0 Å². The first-order valence-electron chi connectivity index (χ1n) is 13.3. The van der Waals surface area contributed by atoms with E-state index in [4.69, 9.17) is 9.47 Å². The van der Waals surface area contributed by atoms with Crippen molar-refractivity contribution in [2.75, 3.05) is 32.0 Å². The third-order valence-electron chi connectivity index (χ3n) is 6.49. The molecule has 1 aliphatic heterocycles. The lowest BCUT2D eigenvalue weighted by Crippen LogP contribution is -2.37. The molecule has 3 N–H and O–H groups in total. The van der Waals surface area contributed by atoms with Crippen molar-refractivity contribution in [2.45, 2.75) is 64.1 Å². The molecular weight excluding hydrogens is 482 g/mol. The summed E-state index contributed by atoms with van der Waals surface area (Å²) in [6, 6.07) is 15.4. The summed E-state index contributed by atoms with van der Waals surface area (Å²) < 4.78 is 12.7. The van der Waals surface area contributed by atoms with E-state index in [9.17, 15) is 14.7 Å². The van der Waals surface area contributed by atoms with Crippen molar-refractivity contribution < 1.29 is 24.2 Å². The molecule has 3 unspecified atom stereocenters. The van der Waals surface area contributed by atoms with Gasteiger partial charge in [0.25, 0.3) is 0 Å². The van der Waals surface area contributed by atoms with E-state index in [1.165, 1.54) is 6.92 Å². The molecule has 8 nitrogen and oxygen atoms in total. The number of aliphatic hydroxyl groups excluding tert-OH is 1. The van der Waals surface area contributed by atoms with E-state index in [0.29, 0.717) is 13.0 Å². The van der Waals surface area contributed by atoms with E-state index in [2.05, 4.69) is 22.1 Å². The number of hydrogen-bond donors (Lipinski definition) is 3. The zero-order valence-corrected chi connectivity index (χ0v) is 22.5. The molecule has 0 spiro atoms. The Bertz CT molecular complexity index is 1030. The number of nitrogens with one attached hydrogen (secondary N) is 2. The largest absolute Gasteiger partial charge is 0.392 e. The number of aliphatic hydroxyl groups is 1. The maximum atomic E-state index is 12.3. The molecule has 2 amide bonds. The lowest BCUT2D eigenvalue weighted by Gasteiger charge is -2.37. The Kier molecular flexibility index (Phi) is 12.0. The van der Waals surface area contributed by atoms with Gasteiger partial charge in [0.15, 0.2) is 6.29 Å². The molecule has 3 rings (SSSR count). The summed E-state index contributed by atoms with van der Waals surface area (Å²) in [5.41, 5.74) is 3.52. The van der Waals surface area contributed by atoms with Crippen LogP contribution in [0.5, 0.6) is 0 Å². The summed E-state index contributed by atoms with van der Waals surface area (Å²) in [6.45, 7) is 7.49. The topological polar surface area (TPSA) is 100 Å². The van der Waals surface area contributed by atoms with Crippen molar-refractivity contribution in [1.29, 1.82) is 0 Å². The number of rotatable bonds is 14. The standard InChI is InChI=1S/C30H41N3O5/c1-4-18-33(3)20-27-19-28(24-11-9-23(21-34)10-12-24)38-30(37-27)25-13-15-26(16-14-25)32-29(36)8-6-5-7-17-31-22(2)35/h4,9-16,27-28,30,34H,1,5-8,17-21H2,2-3H3,(H,31,35)(H,32,36). The van der Waals surface area contributed by atoms with Gasteiger partial charge in [-0.15, -0.1) is 6.58 Å². The molecule has 0 bridgehead atoms. The van der Waals surface area contributed by atoms with Crippen molar-refractivity contribution >= 4 is 17.5 Å². The fourth-order valence-electron chi connectivity index (χ4n) is 4.47. The second-order valence-electron chi connectivity index (χ2n) is 9.82. The van der Waals surface area contributed by atoms with Crippen LogP contribution in [0.3, 0.4) is 0 Å². The quantitative estimate of drug-likeness (QED) is 0.249. The van der Waals surface area contributed by atoms with Crippen molar-refractivity contribution in [3.8, 4) is 0 Å². The number of anilines is 1. The van der Waals surface area contributed by atoms with Crippen molar-refractivity contribution in [2.24, 2.45) is 0 Å². The smallest absolute Gasteiger partial charge is 0.224 e. The van der Waals surface area contributed by atoms with Crippen LogP contribution in [0.4, 0.5) is 5.69 Å². The molecule has 1 heterocycles.